The molecule has 7 nitrogen and oxygen atoms in total. The molecule has 4 rings (SSSR count). The molecule has 2 aliphatic heterocycles. The van der Waals surface area contributed by atoms with Gasteiger partial charge < -0.3 is 24.4 Å². The van der Waals surface area contributed by atoms with Gasteiger partial charge in [-0.2, -0.15) is 13.2 Å². The number of carbonyl (C=O) groups excluding carboxylic acids is 2. The van der Waals surface area contributed by atoms with E-state index in [1.165, 1.54) is 0 Å². The number of alkyl halides is 3. The fourth-order valence-electron chi connectivity index (χ4n) is 3.86. The van der Waals surface area contributed by atoms with Gasteiger partial charge in [0.15, 0.2) is 0 Å². The Bertz CT molecular complexity index is 1080. The SMILES string of the molecule is CC.CC.Cc1ccc(-c2cc3c(c(C(F)(F)F)c2)OC(CNC(=O)OC(C)(C)C)C3)cc1.O=CN1CCOCC1. The quantitative estimate of drug-likeness (QED) is 0.392. The van der Waals surface area contributed by atoms with E-state index < -0.39 is 29.5 Å². The molecule has 2 aliphatic rings. The van der Waals surface area contributed by atoms with Crippen molar-refractivity contribution >= 4 is 12.5 Å². The van der Waals surface area contributed by atoms with Crippen LogP contribution in [-0.4, -0.2) is 62.0 Å². The molecule has 1 atom stereocenters. The molecule has 1 unspecified atom stereocenters. The van der Waals surface area contributed by atoms with E-state index in [2.05, 4.69) is 5.32 Å². The summed E-state index contributed by atoms with van der Waals surface area (Å²) in [5, 5.41) is 2.56. The van der Waals surface area contributed by atoms with Crippen LogP contribution < -0.4 is 10.1 Å². The Morgan fingerprint density at radius 3 is 2.10 bits per heavy atom. The zero-order valence-electron chi connectivity index (χ0n) is 25.5. The Kier molecular flexibility index (Phi) is 14.7. The van der Waals surface area contributed by atoms with Crippen molar-refractivity contribution < 1.29 is 37.0 Å². The molecule has 0 spiro atoms. The monoisotopic (exact) mass is 582 g/mol. The Hall–Kier alpha value is -3.27. The highest BCUT2D eigenvalue weighted by molar-refractivity contribution is 5.69. The number of ether oxygens (including phenoxy) is 3. The number of nitrogens with zero attached hydrogens (tertiary/aromatic N) is 1. The van der Waals surface area contributed by atoms with Gasteiger partial charge in [-0.15, -0.1) is 0 Å². The van der Waals surface area contributed by atoms with E-state index in [0.717, 1.165) is 31.1 Å². The Morgan fingerprint density at radius 2 is 1.61 bits per heavy atom. The first-order chi connectivity index (χ1) is 19.4. The lowest BCUT2D eigenvalue weighted by Crippen LogP contribution is -2.38. The number of rotatable bonds is 4. The van der Waals surface area contributed by atoms with Crippen LogP contribution in [0.4, 0.5) is 18.0 Å². The molecule has 0 aliphatic carbocycles. The molecule has 1 saturated heterocycles. The summed E-state index contributed by atoms with van der Waals surface area (Å²) in [6, 6.07) is 10.2. The van der Waals surface area contributed by atoms with Crippen molar-refractivity contribution in [3.05, 3.63) is 53.1 Å². The highest BCUT2D eigenvalue weighted by Crippen LogP contribution is 2.44. The van der Waals surface area contributed by atoms with Crippen LogP contribution in [0.25, 0.3) is 11.1 Å². The first-order valence-corrected chi connectivity index (χ1v) is 14.1. The maximum absolute atomic E-state index is 13.7. The van der Waals surface area contributed by atoms with Gasteiger partial charge >= 0.3 is 12.3 Å². The van der Waals surface area contributed by atoms with E-state index in [0.29, 0.717) is 29.9 Å². The van der Waals surface area contributed by atoms with Gasteiger partial charge in [0, 0.05) is 19.5 Å². The summed E-state index contributed by atoms with van der Waals surface area (Å²) in [6.45, 7) is 18.1. The maximum atomic E-state index is 13.7. The predicted octanol–water partition coefficient (Wildman–Crippen LogP) is 7.04. The predicted molar refractivity (Wildman–Crippen MR) is 155 cm³/mol. The Morgan fingerprint density at radius 1 is 1.02 bits per heavy atom. The van der Waals surface area contributed by atoms with E-state index >= 15 is 0 Å². The van der Waals surface area contributed by atoms with Gasteiger partial charge in [0.1, 0.15) is 17.5 Å². The van der Waals surface area contributed by atoms with Crippen LogP contribution >= 0.6 is 0 Å². The number of aryl methyl sites for hydroxylation is 1. The highest BCUT2D eigenvalue weighted by Gasteiger charge is 2.39. The average molecular weight is 583 g/mol. The first kappa shape index (κ1) is 35.8. The van der Waals surface area contributed by atoms with Gasteiger partial charge in [0.05, 0.1) is 25.3 Å². The zero-order chi connectivity index (χ0) is 31.2. The van der Waals surface area contributed by atoms with Gasteiger partial charge in [0.25, 0.3) is 0 Å². The number of hydrogen-bond acceptors (Lipinski definition) is 5. The van der Waals surface area contributed by atoms with Crippen molar-refractivity contribution in [3.8, 4) is 16.9 Å². The lowest BCUT2D eigenvalue weighted by molar-refractivity contribution is -0.139. The summed E-state index contributed by atoms with van der Waals surface area (Å²) in [6.07, 6.45) is -4.63. The number of hydrogen-bond donors (Lipinski definition) is 1. The van der Waals surface area contributed by atoms with E-state index in [9.17, 15) is 22.8 Å². The second-order valence-corrected chi connectivity index (χ2v) is 9.96. The van der Waals surface area contributed by atoms with Crippen LogP contribution in [0.3, 0.4) is 0 Å². The molecular weight excluding hydrogens is 537 g/mol. The minimum atomic E-state index is -4.54. The Balaban J connectivity index is 0.000000590. The van der Waals surface area contributed by atoms with Crippen molar-refractivity contribution in [3.63, 3.8) is 0 Å². The second-order valence-electron chi connectivity index (χ2n) is 9.96. The molecule has 230 valence electrons. The standard InChI is InChI=1S/C22H24F3NO3.C5H9NO2.2C2H6/c1-13-5-7-14(8-6-13)15-9-16-10-17(12-26-20(27)29-21(2,3)4)28-19(16)18(11-15)22(23,24)25;7-5-6-1-3-8-4-2-6;2*1-2/h5-9,11,17H,10,12H2,1-4H3,(H,26,27);5H,1-4H2;2*1-2H3. The number of morpholine rings is 1. The molecule has 0 saturated carbocycles. The Labute approximate surface area is 242 Å². The lowest BCUT2D eigenvalue weighted by Gasteiger charge is -2.21. The van der Waals surface area contributed by atoms with E-state index in [1.54, 1.807) is 43.9 Å². The van der Waals surface area contributed by atoms with Crippen LogP contribution in [0.15, 0.2) is 36.4 Å². The summed E-state index contributed by atoms with van der Waals surface area (Å²) >= 11 is 0. The van der Waals surface area contributed by atoms with Gasteiger partial charge in [-0.05, 0) is 56.5 Å². The van der Waals surface area contributed by atoms with Gasteiger partial charge in [-0.3, -0.25) is 4.79 Å². The fraction of sp³-hybridized carbons (Fsp3) is 0.548. The molecule has 1 fully saturated rings. The number of benzene rings is 2. The van der Waals surface area contributed by atoms with E-state index in [-0.39, 0.29) is 18.7 Å². The normalized spacial score (nSPS) is 15.8. The summed E-state index contributed by atoms with van der Waals surface area (Å²) in [5.74, 6) is -0.163. The molecule has 0 radical (unpaired) electrons. The molecule has 0 bridgehead atoms. The lowest BCUT2D eigenvalue weighted by atomic mass is 9.96. The molecule has 1 N–H and O–H groups in total. The molecule has 2 amide bonds. The molecule has 41 heavy (non-hydrogen) atoms. The molecule has 2 aromatic carbocycles. The molecule has 2 aromatic rings. The first-order valence-electron chi connectivity index (χ1n) is 14.1. The van der Waals surface area contributed by atoms with E-state index in [1.807, 2.05) is 46.8 Å². The van der Waals surface area contributed by atoms with Crippen LogP contribution in [0.5, 0.6) is 5.75 Å². The fourth-order valence-corrected chi connectivity index (χ4v) is 3.86. The third kappa shape index (κ3) is 12.0. The number of amides is 2. The molecule has 2 heterocycles. The van der Waals surface area contributed by atoms with Crippen molar-refractivity contribution in [2.45, 2.75) is 79.7 Å². The number of fused-ring (bicyclic) bond motifs is 1. The minimum absolute atomic E-state index is 0.0563. The largest absolute Gasteiger partial charge is 0.487 e. The topological polar surface area (TPSA) is 77.1 Å². The van der Waals surface area contributed by atoms with Crippen LogP contribution in [-0.2, 0) is 26.9 Å². The summed E-state index contributed by atoms with van der Waals surface area (Å²) in [7, 11) is 0. The minimum Gasteiger partial charge on any atom is -0.487 e. The molecular formula is C31H45F3N2O5. The van der Waals surface area contributed by atoms with Crippen LogP contribution in [0.1, 0.15) is 65.2 Å². The van der Waals surface area contributed by atoms with E-state index in [4.69, 9.17) is 14.2 Å². The summed E-state index contributed by atoms with van der Waals surface area (Å²) in [5.41, 5.74) is 1.25. The van der Waals surface area contributed by atoms with Crippen LogP contribution in [0.2, 0.25) is 0 Å². The smallest absolute Gasteiger partial charge is 0.419 e. The maximum Gasteiger partial charge on any atom is 0.419 e. The van der Waals surface area contributed by atoms with Gasteiger partial charge in [0.2, 0.25) is 6.41 Å². The third-order valence-corrected chi connectivity index (χ3v) is 5.66. The average Bonchev–Trinajstić information content (AvgIpc) is 3.36. The van der Waals surface area contributed by atoms with Crippen LogP contribution in [0, 0.1) is 6.92 Å². The third-order valence-electron chi connectivity index (χ3n) is 5.66. The number of nitrogens with one attached hydrogen (secondary N) is 1. The summed E-state index contributed by atoms with van der Waals surface area (Å²) in [4.78, 5) is 23.6. The molecule has 10 heteroatoms. The van der Waals surface area contributed by atoms with Crippen molar-refractivity contribution in [2.75, 3.05) is 32.8 Å². The second kappa shape index (κ2) is 16.9. The number of halogens is 3. The van der Waals surface area contributed by atoms with Gasteiger partial charge in [-0.25, -0.2) is 4.79 Å². The highest BCUT2D eigenvalue weighted by atomic mass is 19.4. The number of carbonyl (C=O) groups is 2. The van der Waals surface area contributed by atoms with Crippen molar-refractivity contribution in [2.24, 2.45) is 0 Å². The summed E-state index contributed by atoms with van der Waals surface area (Å²) < 4.78 is 56.7. The van der Waals surface area contributed by atoms with Crippen molar-refractivity contribution in [1.82, 2.24) is 10.2 Å². The molecule has 0 aromatic heterocycles. The van der Waals surface area contributed by atoms with Crippen molar-refractivity contribution in [1.29, 1.82) is 0 Å². The zero-order valence-corrected chi connectivity index (χ0v) is 25.5. The number of alkyl carbamates (subject to hydrolysis) is 1. The van der Waals surface area contributed by atoms with Gasteiger partial charge in [-0.1, -0.05) is 57.5 Å².